The molecule has 0 bridgehead atoms. The minimum absolute atomic E-state index is 0.0324. The van der Waals surface area contributed by atoms with E-state index in [1.807, 2.05) is 0 Å². The second-order valence-electron chi connectivity index (χ2n) is 4.29. The maximum absolute atomic E-state index is 11.2. The molecule has 0 aliphatic rings. The third-order valence-corrected chi connectivity index (χ3v) is 2.79. The van der Waals surface area contributed by atoms with E-state index in [9.17, 15) is 14.9 Å². The standard InChI is InChI=1S/C14H13N3O3/c1-9(18)10-2-5-12(6-3-10)16-13-7-4-11(15)8-14(13)17(19)20/h2-8,16H,15H2,1H3. The van der Waals surface area contributed by atoms with Gasteiger partial charge in [-0.3, -0.25) is 14.9 Å². The van der Waals surface area contributed by atoms with Crippen LogP contribution in [0, 0.1) is 10.1 Å². The van der Waals surface area contributed by atoms with E-state index in [2.05, 4.69) is 5.32 Å². The Balaban J connectivity index is 2.30. The summed E-state index contributed by atoms with van der Waals surface area (Å²) in [6, 6.07) is 11.1. The lowest BCUT2D eigenvalue weighted by Crippen LogP contribution is -1.99. The first-order valence-corrected chi connectivity index (χ1v) is 5.89. The van der Waals surface area contributed by atoms with E-state index >= 15 is 0 Å². The zero-order chi connectivity index (χ0) is 14.7. The zero-order valence-corrected chi connectivity index (χ0v) is 10.8. The van der Waals surface area contributed by atoms with Crippen molar-refractivity contribution in [1.82, 2.24) is 0 Å². The Morgan fingerprint density at radius 1 is 1.20 bits per heavy atom. The van der Waals surface area contributed by atoms with E-state index in [0.717, 1.165) is 0 Å². The lowest BCUT2D eigenvalue weighted by molar-refractivity contribution is -0.383. The van der Waals surface area contributed by atoms with Crippen LogP contribution in [0.3, 0.4) is 0 Å². The number of carbonyl (C=O) groups is 1. The lowest BCUT2D eigenvalue weighted by atomic mass is 10.1. The first-order valence-electron chi connectivity index (χ1n) is 5.89. The van der Waals surface area contributed by atoms with E-state index in [4.69, 9.17) is 5.73 Å². The van der Waals surface area contributed by atoms with Crippen LogP contribution in [0.25, 0.3) is 0 Å². The van der Waals surface area contributed by atoms with Crippen molar-refractivity contribution in [3.8, 4) is 0 Å². The molecule has 0 saturated carbocycles. The van der Waals surface area contributed by atoms with E-state index in [1.54, 1.807) is 36.4 Å². The molecule has 0 spiro atoms. The van der Waals surface area contributed by atoms with Gasteiger partial charge in [-0.1, -0.05) is 0 Å². The van der Waals surface area contributed by atoms with Gasteiger partial charge in [-0.15, -0.1) is 0 Å². The van der Waals surface area contributed by atoms with Crippen LogP contribution in [0.15, 0.2) is 42.5 Å². The highest BCUT2D eigenvalue weighted by Gasteiger charge is 2.14. The monoisotopic (exact) mass is 271 g/mol. The highest BCUT2D eigenvalue weighted by Crippen LogP contribution is 2.29. The highest BCUT2D eigenvalue weighted by molar-refractivity contribution is 5.94. The van der Waals surface area contributed by atoms with Crippen molar-refractivity contribution >= 4 is 28.5 Å². The number of nitrogens with two attached hydrogens (primary N) is 1. The maximum atomic E-state index is 11.2. The van der Waals surface area contributed by atoms with Crippen LogP contribution in [-0.4, -0.2) is 10.7 Å². The van der Waals surface area contributed by atoms with Crippen LogP contribution < -0.4 is 11.1 Å². The molecule has 20 heavy (non-hydrogen) atoms. The van der Waals surface area contributed by atoms with E-state index in [-0.39, 0.29) is 11.5 Å². The van der Waals surface area contributed by atoms with Gasteiger partial charge in [0.15, 0.2) is 5.78 Å². The van der Waals surface area contributed by atoms with E-state index < -0.39 is 4.92 Å². The molecule has 0 radical (unpaired) electrons. The van der Waals surface area contributed by atoms with Crippen molar-refractivity contribution in [3.63, 3.8) is 0 Å². The molecule has 0 aliphatic heterocycles. The first kappa shape index (κ1) is 13.5. The van der Waals surface area contributed by atoms with E-state index in [1.165, 1.54) is 13.0 Å². The summed E-state index contributed by atoms with van der Waals surface area (Å²) < 4.78 is 0. The predicted molar refractivity (Wildman–Crippen MR) is 77.2 cm³/mol. The minimum atomic E-state index is -0.497. The molecule has 0 atom stereocenters. The average Bonchev–Trinajstić information content (AvgIpc) is 2.41. The number of nitrogens with zero attached hydrogens (tertiary/aromatic N) is 1. The third-order valence-electron chi connectivity index (χ3n) is 2.79. The van der Waals surface area contributed by atoms with Gasteiger partial charge in [0.05, 0.1) is 4.92 Å². The Morgan fingerprint density at radius 2 is 1.85 bits per heavy atom. The molecule has 0 amide bonds. The quantitative estimate of drug-likeness (QED) is 0.385. The first-order chi connectivity index (χ1) is 9.47. The molecule has 6 heteroatoms. The van der Waals surface area contributed by atoms with Crippen molar-refractivity contribution in [3.05, 3.63) is 58.1 Å². The fraction of sp³-hybridized carbons (Fsp3) is 0.0714. The molecule has 0 heterocycles. The second kappa shape index (κ2) is 5.40. The van der Waals surface area contributed by atoms with Crippen LogP contribution in [0.2, 0.25) is 0 Å². The van der Waals surface area contributed by atoms with Gasteiger partial charge < -0.3 is 11.1 Å². The van der Waals surface area contributed by atoms with Gasteiger partial charge in [-0.05, 0) is 43.3 Å². The Labute approximate surface area is 115 Å². The minimum Gasteiger partial charge on any atom is -0.399 e. The number of benzene rings is 2. The Hall–Kier alpha value is -2.89. The highest BCUT2D eigenvalue weighted by atomic mass is 16.6. The summed E-state index contributed by atoms with van der Waals surface area (Å²) in [5.41, 5.74) is 7.36. The average molecular weight is 271 g/mol. The number of hydrogen-bond donors (Lipinski definition) is 2. The molecule has 0 unspecified atom stereocenters. The molecule has 0 aliphatic carbocycles. The molecule has 3 N–H and O–H groups in total. The number of nitro groups is 1. The van der Waals surface area contributed by atoms with Crippen LogP contribution in [0.5, 0.6) is 0 Å². The molecular weight excluding hydrogens is 258 g/mol. The number of nitrogen functional groups attached to an aromatic ring is 1. The molecule has 2 aromatic carbocycles. The summed E-state index contributed by atoms with van der Waals surface area (Å²) in [4.78, 5) is 21.6. The SMILES string of the molecule is CC(=O)c1ccc(Nc2ccc(N)cc2[N+](=O)[O-])cc1. The third kappa shape index (κ3) is 2.92. The van der Waals surface area contributed by atoms with Crippen molar-refractivity contribution in [2.24, 2.45) is 0 Å². The predicted octanol–water partition coefficient (Wildman–Crippen LogP) is 3.12. The van der Waals surface area contributed by atoms with Crippen molar-refractivity contribution in [2.45, 2.75) is 6.92 Å². The normalized spacial score (nSPS) is 10.1. The molecule has 0 aromatic heterocycles. The Kier molecular flexibility index (Phi) is 3.65. The van der Waals surface area contributed by atoms with Crippen LogP contribution in [0.4, 0.5) is 22.7 Å². The Morgan fingerprint density at radius 3 is 2.40 bits per heavy atom. The molecule has 0 saturated heterocycles. The van der Waals surface area contributed by atoms with Crippen LogP contribution >= 0.6 is 0 Å². The zero-order valence-electron chi connectivity index (χ0n) is 10.8. The summed E-state index contributed by atoms with van der Waals surface area (Å²) in [6.45, 7) is 1.48. The fourth-order valence-corrected chi connectivity index (χ4v) is 1.75. The fourth-order valence-electron chi connectivity index (χ4n) is 1.75. The van der Waals surface area contributed by atoms with Crippen molar-refractivity contribution in [1.29, 1.82) is 0 Å². The number of hydrogen-bond acceptors (Lipinski definition) is 5. The van der Waals surface area contributed by atoms with Gasteiger partial charge in [0.1, 0.15) is 5.69 Å². The van der Waals surface area contributed by atoms with E-state index in [0.29, 0.717) is 22.6 Å². The number of rotatable bonds is 4. The number of anilines is 3. The number of ketones is 1. The molecular formula is C14H13N3O3. The summed E-state index contributed by atoms with van der Waals surface area (Å²) in [7, 11) is 0. The topological polar surface area (TPSA) is 98.3 Å². The molecule has 0 fully saturated rings. The van der Waals surface area contributed by atoms with Gasteiger partial charge in [0.2, 0.25) is 0 Å². The molecule has 6 nitrogen and oxygen atoms in total. The van der Waals surface area contributed by atoms with Gasteiger partial charge in [-0.25, -0.2) is 0 Å². The summed E-state index contributed by atoms with van der Waals surface area (Å²) in [6.07, 6.45) is 0. The van der Waals surface area contributed by atoms with Gasteiger partial charge in [0, 0.05) is 23.0 Å². The maximum Gasteiger partial charge on any atom is 0.294 e. The van der Waals surface area contributed by atoms with Crippen molar-refractivity contribution in [2.75, 3.05) is 11.1 Å². The summed E-state index contributed by atoms with van der Waals surface area (Å²) >= 11 is 0. The number of Topliss-reactive ketones (excluding diaryl/α,β-unsaturated/α-hetero) is 1. The molecule has 102 valence electrons. The Bertz CT molecular complexity index is 666. The van der Waals surface area contributed by atoms with Gasteiger partial charge >= 0.3 is 0 Å². The summed E-state index contributed by atoms with van der Waals surface area (Å²) in [5, 5.41) is 13.9. The van der Waals surface area contributed by atoms with Crippen LogP contribution in [-0.2, 0) is 0 Å². The van der Waals surface area contributed by atoms with Gasteiger partial charge in [0.25, 0.3) is 5.69 Å². The van der Waals surface area contributed by atoms with Gasteiger partial charge in [-0.2, -0.15) is 0 Å². The summed E-state index contributed by atoms with van der Waals surface area (Å²) in [5.74, 6) is -0.0324. The largest absolute Gasteiger partial charge is 0.399 e. The second-order valence-corrected chi connectivity index (χ2v) is 4.29. The van der Waals surface area contributed by atoms with Crippen molar-refractivity contribution < 1.29 is 9.72 Å². The number of nitrogens with one attached hydrogen (secondary N) is 1. The van der Waals surface area contributed by atoms with Crippen LogP contribution in [0.1, 0.15) is 17.3 Å². The number of carbonyl (C=O) groups excluding carboxylic acids is 1. The molecule has 2 rings (SSSR count). The number of nitro benzene ring substituents is 1. The smallest absolute Gasteiger partial charge is 0.294 e. The lowest BCUT2D eigenvalue weighted by Gasteiger charge is -2.08. The molecule has 2 aromatic rings.